The fourth-order valence-corrected chi connectivity index (χ4v) is 17.7. The molecular weight excluding hydrogens is 1680 g/mol. The molecule has 35 heteroatoms. The SMILES string of the molecule is CCc1cc(OC)ccc1Cc1nc2c(cnn2C2CCOCC2)c(=O)[nH]1.COc1ccc(Cc2nc3c(cnn3C3CCOCC3)c(=O)[nH]2)cc1.O=c1[nH]c(CCC2CCCC2)nc2c1cnn2C1CCOCC1.O=c1[nH]c(Cc2ccc(F)cc2Cl)nc2c1cnn2C1CCOCC1.O=c1[nH]c(Cc2ccccc2Br)nc2c1cnn2C1CCOCC1. The van der Waals surface area contributed by atoms with Crippen molar-refractivity contribution in [1.29, 1.82) is 0 Å². The van der Waals surface area contributed by atoms with Crippen LogP contribution in [0.4, 0.5) is 4.39 Å². The molecule has 0 radical (unpaired) electrons. The van der Waals surface area contributed by atoms with Gasteiger partial charge >= 0.3 is 0 Å². The molecule has 10 aromatic heterocycles. The maximum atomic E-state index is 13.2. The van der Waals surface area contributed by atoms with Gasteiger partial charge in [-0.15, -0.1) is 0 Å². The van der Waals surface area contributed by atoms with Crippen molar-refractivity contribution in [3.05, 3.63) is 240 Å². The van der Waals surface area contributed by atoms with Crippen LogP contribution in [0.25, 0.3) is 55.2 Å². The van der Waals surface area contributed by atoms with Gasteiger partial charge in [0, 0.05) is 108 Å². The quantitative estimate of drug-likeness (QED) is 0.0502. The highest BCUT2D eigenvalue weighted by molar-refractivity contribution is 9.10. The smallest absolute Gasteiger partial charge is 0.262 e. The van der Waals surface area contributed by atoms with Gasteiger partial charge in [-0.05, 0) is 153 Å². The molecule has 650 valence electrons. The second-order valence-electron chi connectivity index (χ2n) is 32.0. The molecule has 124 heavy (non-hydrogen) atoms. The Morgan fingerprint density at radius 2 is 0.742 bits per heavy atom. The number of hydrogen-bond donors (Lipinski definition) is 5. The van der Waals surface area contributed by atoms with E-state index in [1.165, 1.54) is 43.4 Å². The van der Waals surface area contributed by atoms with Crippen molar-refractivity contribution >= 4 is 82.7 Å². The lowest BCUT2D eigenvalue weighted by atomic mass is 10.0. The summed E-state index contributed by atoms with van der Waals surface area (Å²) in [4.78, 5) is 99.8. The Morgan fingerprint density at radius 1 is 0.403 bits per heavy atom. The predicted molar refractivity (Wildman–Crippen MR) is 469 cm³/mol. The summed E-state index contributed by atoms with van der Waals surface area (Å²) in [6.45, 7) is 9.27. The fraction of sp³-hybridized carbons (Fsp3) is 0.449. The number of H-pyrrole nitrogens is 5. The molecule has 32 nitrogen and oxygen atoms in total. The summed E-state index contributed by atoms with van der Waals surface area (Å²) in [5, 5.41) is 25.0. The van der Waals surface area contributed by atoms with Crippen LogP contribution in [0.5, 0.6) is 11.5 Å². The number of aromatic amines is 5. The van der Waals surface area contributed by atoms with Gasteiger partial charge < -0.3 is 58.1 Å². The van der Waals surface area contributed by atoms with E-state index in [-0.39, 0.29) is 52.0 Å². The van der Waals surface area contributed by atoms with E-state index < -0.39 is 5.82 Å². The summed E-state index contributed by atoms with van der Waals surface area (Å²) in [7, 11) is 3.30. The summed E-state index contributed by atoms with van der Waals surface area (Å²) >= 11 is 9.62. The number of aryl methyl sites for hydroxylation is 2. The van der Waals surface area contributed by atoms with Crippen molar-refractivity contribution in [2.24, 2.45) is 5.92 Å². The normalized spacial score (nSPS) is 16.5. The first-order valence-corrected chi connectivity index (χ1v) is 43.9. The van der Waals surface area contributed by atoms with Gasteiger partial charge in [0.1, 0.15) is 73.4 Å². The topological polar surface area (TPSA) is 382 Å². The molecule has 0 spiro atoms. The average molecular weight is 1780 g/mol. The Kier molecular flexibility index (Phi) is 28.2. The zero-order valence-corrected chi connectivity index (χ0v) is 71.9. The molecule has 0 amide bonds. The molecule has 5 saturated heterocycles. The number of nitrogens with one attached hydrogen (secondary N) is 5. The van der Waals surface area contributed by atoms with Crippen LogP contribution in [0.1, 0.15) is 190 Å². The van der Waals surface area contributed by atoms with Gasteiger partial charge in [0.2, 0.25) is 0 Å². The molecule has 0 bridgehead atoms. The maximum Gasteiger partial charge on any atom is 0.262 e. The van der Waals surface area contributed by atoms with Crippen molar-refractivity contribution in [2.75, 3.05) is 80.3 Å². The molecule has 0 unspecified atom stereocenters. The molecule has 6 aliphatic rings. The summed E-state index contributed by atoms with van der Waals surface area (Å²) < 4.78 is 61.2. The third-order valence-electron chi connectivity index (χ3n) is 23.9. The first kappa shape index (κ1) is 86.3. The van der Waals surface area contributed by atoms with E-state index in [0.717, 1.165) is 160 Å². The monoisotopic (exact) mass is 1770 g/mol. The van der Waals surface area contributed by atoms with E-state index in [1.54, 1.807) is 51.3 Å². The van der Waals surface area contributed by atoms with E-state index >= 15 is 0 Å². The summed E-state index contributed by atoms with van der Waals surface area (Å²) in [5.74, 6) is 5.26. The number of ether oxygens (including phenoxy) is 7. The molecule has 5 N–H and O–H groups in total. The van der Waals surface area contributed by atoms with Gasteiger partial charge in [-0.3, -0.25) is 24.0 Å². The minimum absolute atomic E-state index is 0.0604. The summed E-state index contributed by atoms with van der Waals surface area (Å²) in [6, 6.07) is 27.0. The lowest BCUT2D eigenvalue weighted by Gasteiger charge is -2.22. The molecule has 6 fully saturated rings. The minimum atomic E-state index is -0.400. The summed E-state index contributed by atoms with van der Waals surface area (Å²) in [5.41, 5.74) is 7.71. The van der Waals surface area contributed by atoms with Crippen molar-refractivity contribution < 1.29 is 37.5 Å². The van der Waals surface area contributed by atoms with E-state index in [4.69, 9.17) is 59.7 Å². The summed E-state index contributed by atoms with van der Waals surface area (Å²) in [6.07, 6.45) is 27.1. The van der Waals surface area contributed by atoms with Gasteiger partial charge in [-0.1, -0.05) is 103 Å². The molecule has 14 aromatic rings. The molecule has 5 aliphatic heterocycles. The van der Waals surface area contributed by atoms with Crippen molar-refractivity contribution in [1.82, 2.24) is 98.7 Å². The second-order valence-corrected chi connectivity index (χ2v) is 33.2. The average Bonchev–Trinajstić information content (AvgIpc) is 1.75. The number of fused-ring (bicyclic) bond motifs is 5. The van der Waals surface area contributed by atoms with Crippen LogP contribution in [-0.4, -0.2) is 179 Å². The second kappa shape index (κ2) is 40.6. The third-order valence-corrected chi connectivity index (χ3v) is 25.0. The molecule has 20 rings (SSSR count). The number of methoxy groups -OCH3 is 2. The largest absolute Gasteiger partial charge is 0.497 e. The predicted octanol–water partition coefficient (Wildman–Crippen LogP) is 13.0. The molecule has 4 aromatic carbocycles. The van der Waals surface area contributed by atoms with Crippen LogP contribution in [-0.2, 0) is 62.2 Å². The maximum absolute atomic E-state index is 13.2. The van der Waals surface area contributed by atoms with Crippen LogP contribution in [0.3, 0.4) is 0 Å². The molecular formula is C89H101BrClFN20O12. The van der Waals surface area contributed by atoms with Crippen molar-refractivity contribution in [3.63, 3.8) is 0 Å². The first-order chi connectivity index (χ1) is 60.6. The van der Waals surface area contributed by atoms with Gasteiger partial charge in [0.25, 0.3) is 27.8 Å². The molecule has 1 saturated carbocycles. The Balaban J connectivity index is 0.000000115. The van der Waals surface area contributed by atoms with E-state index in [2.05, 4.69) is 83.2 Å². The molecule has 0 atom stereocenters. The van der Waals surface area contributed by atoms with Gasteiger partial charge in [0.05, 0.1) is 75.4 Å². The van der Waals surface area contributed by atoms with Gasteiger partial charge in [-0.2, -0.15) is 25.5 Å². The zero-order chi connectivity index (χ0) is 85.6. The highest BCUT2D eigenvalue weighted by Crippen LogP contribution is 2.33. The molecule has 1 aliphatic carbocycles. The van der Waals surface area contributed by atoms with E-state index in [0.29, 0.717) is 155 Å². The van der Waals surface area contributed by atoms with Crippen molar-refractivity contribution in [3.8, 4) is 11.5 Å². The zero-order valence-electron chi connectivity index (χ0n) is 69.6. The van der Waals surface area contributed by atoms with E-state index in [9.17, 15) is 28.4 Å². The van der Waals surface area contributed by atoms with Gasteiger partial charge in [0.15, 0.2) is 28.2 Å². The lowest BCUT2D eigenvalue weighted by Crippen LogP contribution is -2.21. The Hall–Kier alpha value is -11.3. The highest BCUT2D eigenvalue weighted by atomic mass is 79.9. The highest BCUT2D eigenvalue weighted by Gasteiger charge is 2.28. The van der Waals surface area contributed by atoms with E-state index in [1.807, 2.05) is 90.1 Å². The Labute approximate surface area is 724 Å². The molecule has 15 heterocycles. The number of aromatic nitrogens is 20. The van der Waals surface area contributed by atoms with Crippen LogP contribution in [0.15, 0.2) is 144 Å². The van der Waals surface area contributed by atoms with Crippen LogP contribution in [0, 0.1) is 11.7 Å². The standard InChI is InChI=1S/C20H24N4O3.C18H20N4O3.C17H17BrN4O2.C17H16ClFN4O2.C17H24N4O2/c1-3-13-10-16(26-2)5-4-14(13)11-18-22-19-17(20(25)23-18)12-21-24(19)15-6-8-27-9-7-15;1-24-14-4-2-12(3-5-14)10-16-20-17-15(18(23)21-16)11-19-22(17)13-6-8-25-9-7-13;18-14-4-2-1-3-11(14)9-15-20-16-13(17(23)21-15)10-19-22(16)12-5-7-24-8-6-12;18-14-8-11(19)2-1-10(14)7-15-21-16-13(17(24)22-15)9-20-23(16)12-3-5-25-6-4-12;22-17-14-11-18-21(13-7-9-23-10-8-13)16(14)19-15(20-17)6-5-12-3-1-2-4-12/h4-5,10,12,15H,3,6-9,11H2,1-2H3,(H,22,23,25);2-5,11,13H,6-10H2,1H3,(H,20,21,23);1-4,10,12H,5-9H2,(H,20,21,23);1-2,8-9,12H,3-7H2,(H,21,22,24);11-13H,1-10H2,(H,19,20,22). The number of nitrogens with zero attached hydrogens (tertiary/aromatic N) is 15. The van der Waals surface area contributed by atoms with Gasteiger partial charge in [-0.25, -0.2) is 52.7 Å². The third kappa shape index (κ3) is 20.5. The number of benzene rings is 4. The first-order valence-electron chi connectivity index (χ1n) is 42.8. The fourth-order valence-electron chi connectivity index (χ4n) is 17.0. The van der Waals surface area contributed by atoms with Crippen LogP contribution in [0.2, 0.25) is 5.02 Å². The minimum Gasteiger partial charge on any atom is -0.497 e. The number of halogens is 3. The Bertz CT molecular complexity index is 6320. The number of rotatable bonds is 19. The van der Waals surface area contributed by atoms with Crippen LogP contribution < -0.4 is 37.3 Å². The number of hydrogen-bond acceptors (Lipinski definition) is 22. The van der Waals surface area contributed by atoms with Crippen molar-refractivity contribution in [2.45, 2.75) is 172 Å². The lowest BCUT2D eigenvalue weighted by molar-refractivity contribution is 0.0672. The van der Waals surface area contributed by atoms with Crippen LogP contribution >= 0.6 is 27.5 Å². The Morgan fingerprint density at radius 3 is 1.11 bits per heavy atom.